The Morgan fingerprint density at radius 1 is 1.00 bits per heavy atom. The van der Waals surface area contributed by atoms with Gasteiger partial charge in [-0.1, -0.05) is 0 Å². The molecule has 0 radical (unpaired) electrons. The second-order valence-electron chi connectivity index (χ2n) is 6.65. The van der Waals surface area contributed by atoms with E-state index in [-0.39, 0.29) is 23.1 Å². The number of piperazine rings is 1. The van der Waals surface area contributed by atoms with Gasteiger partial charge in [-0.15, -0.1) is 5.10 Å². The van der Waals surface area contributed by atoms with Crippen LogP contribution in [0.3, 0.4) is 0 Å². The molecule has 0 amide bonds. The minimum Gasteiger partial charge on any atom is -0.367 e. The molecule has 9 heteroatoms. The Bertz CT molecular complexity index is 977. The van der Waals surface area contributed by atoms with Crippen molar-refractivity contribution in [1.29, 1.82) is 0 Å². The summed E-state index contributed by atoms with van der Waals surface area (Å²) in [6.45, 7) is 4.92. The Hall–Kier alpha value is -3.07. The van der Waals surface area contributed by atoms with E-state index in [4.69, 9.17) is 0 Å². The van der Waals surface area contributed by atoms with Gasteiger partial charge in [-0.2, -0.15) is 4.98 Å². The lowest BCUT2D eigenvalue weighted by atomic mass is 10.1. The van der Waals surface area contributed by atoms with E-state index in [2.05, 4.69) is 20.7 Å². The second kappa shape index (κ2) is 7.51. The highest BCUT2D eigenvalue weighted by molar-refractivity contribution is 5.65. The molecule has 146 valence electrons. The Morgan fingerprint density at radius 3 is 2.43 bits per heavy atom. The molecular formula is C19H19F3N6. The lowest BCUT2D eigenvalue weighted by Gasteiger charge is -2.30. The van der Waals surface area contributed by atoms with Crippen molar-refractivity contribution in [2.24, 2.45) is 0 Å². The van der Waals surface area contributed by atoms with Gasteiger partial charge in [0.05, 0.1) is 17.1 Å². The Balaban J connectivity index is 1.61. The van der Waals surface area contributed by atoms with E-state index < -0.39 is 11.6 Å². The monoisotopic (exact) mass is 388 g/mol. The van der Waals surface area contributed by atoms with Crippen LogP contribution in [0.2, 0.25) is 0 Å². The minimum absolute atomic E-state index is 0.125. The molecule has 28 heavy (non-hydrogen) atoms. The molecule has 2 N–H and O–H groups in total. The zero-order chi connectivity index (χ0) is 19.7. The first kappa shape index (κ1) is 18.3. The van der Waals surface area contributed by atoms with Crippen LogP contribution in [0.4, 0.5) is 30.5 Å². The van der Waals surface area contributed by atoms with Gasteiger partial charge in [0.15, 0.2) is 5.82 Å². The normalized spacial score (nSPS) is 14.4. The summed E-state index contributed by atoms with van der Waals surface area (Å²) < 4.78 is 43.1. The number of aryl methyl sites for hydroxylation is 1. The first-order chi connectivity index (χ1) is 13.5. The van der Waals surface area contributed by atoms with Crippen molar-refractivity contribution in [3.05, 3.63) is 59.7 Å². The van der Waals surface area contributed by atoms with Gasteiger partial charge in [0, 0.05) is 32.2 Å². The zero-order valence-electron chi connectivity index (χ0n) is 15.2. The molecule has 3 aromatic rings. The lowest BCUT2D eigenvalue weighted by molar-refractivity contribution is 0.567. The molecule has 2 heterocycles. The summed E-state index contributed by atoms with van der Waals surface area (Å²) in [5.74, 6) is -1.70. The third-order valence-corrected chi connectivity index (χ3v) is 4.51. The SMILES string of the molecule is Cc1cc(Nc2ncn(-c3cc(F)cc(F)c3)n2)c(F)c(N2CCNCC2)c1. The maximum absolute atomic E-state index is 15.1. The van der Waals surface area contributed by atoms with Gasteiger partial charge in [-0.05, 0) is 36.8 Å². The molecule has 1 aliphatic heterocycles. The molecule has 6 nitrogen and oxygen atoms in total. The van der Waals surface area contributed by atoms with Crippen LogP contribution in [0.15, 0.2) is 36.7 Å². The van der Waals surface area contributed by atoms with Crippen LogP contribution in [-0.2, 0) is 0 Å². The van der Waals surface area contributed by atoms with Crippen LogP contribution in [-0.4, -0.2) is 40.9 Å². The fourth-order valence-electron chi connectivity index (χ4n) is 3.21. The van der Waals surface area contributed by atoms with Crippen molar-refractivity contribution in [3.8, 4) is 5.69 Å². The van der Waals surface area contributed by atoms with Gasteiger partial charge in [-0.3, -0.25) is 0 Å². The van der Waals surface area contributed by atoms with Crippen molar-refractivity contribution >= 4 is 17.3 Å². The first-order valence-corrected chi connectivity index (χ1v) is 8.90. The Labute approximate surface area is 160 Å². The minimum atomic E-state index is -0.717. The number of nitrogens with zero attached hydrogens (tertiary/aromatic N) is 4. The topological polar surface area (TPSA) is 58.0 Å². The van der Waals surface area contributed by atoms with E-state index in [0.717, 1.165) is 49.9 Å². The molecule has 1 fully saturated rings. The highest BCUT2D eigenvalue weighted by Crippen LogP contribution is 2.29. The van der Waals surface area contributed by atoms with E-state index in [1.54, 1.807) is 6.07 Å². The van der Waals surface area contributed by atoms with E-state index in [9.17, 15) is 8.78 Å². The molecule has 1 aromatic heterocycles. The van der Waals surface area contributed by atoms with E-state index in [1.807, 2.05) is 17.9 Å². The molecule has 2 aromatic carbocycles. The third kappa shape index (κ3) is 3.79. The van der Waals surface area contributed by atoms with Crippen molar-refractivity contribution in [2.75, 3.05) is 36.4 Å². The highest BCUT2D eigenvalue weighted by Gasteiger charge is 2.18. The molecule has 0 atom stereocenters. The van der Waals surface area contributed by atoms with Crippen LogP contribution in [0.25, 0.3) is 5.69 Å². The van der Waals surface area contributed by atoms with Gasteiger partial charge < -0.3 is 15.5 Å². The van der Waals surface area contributed by atoms with Crippen LogP contribution in [0.5, 0.6) is 0 Å². The molecule has 0 spiro atoms. The van der Waals surface area contributed by atoms with Gasteiger partial charge in [0.1, 0.15) is 18.0 Å². The van der Waals surface area contributed by atoms with E-state index in [0.29, 0.717) is 5.69 Å². The summed E-state index contributed by atoms with van der Waals surface area (Å²) in [6.07, 6.45) is 1.31. The molecular weight excluding hydrogens is 369 g/mol. The zero-order valence-corrected chi connectivity index (χ0v) is 15.2. The third-order valence-electron chi connectivity index (χ3n) is 4.51. The molecule has 0 bridgehead atoms. The Morgan fingerprint density at radius 2 is 1.71 bits per heavy atom. The Kier molecular flexibility index (Phi) is 4.91. The van der Waals surface area contributed by atoms with Gasteiger partial charge >= 0.3 is 0 Å². The maximum Gasteiger partial charge on any atom is 0.247 e. The smallest absolute Gasteiger partial charge is 0.247 e. The van der Waals surface area contributed by atoms with Crippen LogP contribution in [0.1, 0.15) is 5.56 Å². The van der Waals surface area contributed by atoms with Gasteiger partial charge in [-0.25, -0.2) is 17.9 Å². The number of nitrogens with one attached hydrogen (secondary N) is 2. The van der Waals surface area contributed by atoms with Crippen molar-refractivity contribution < 1.29 is 13.2 Å². The van der Waals surface area contributed by atoms with Crippen LogP contribution < -0.4 is 15.5 Å². The number of hydrogen-bond acceptors (Lipinski definition) is 5. The number of aromatic nitrogens is 3. The standard InChI is InChI=1S/C19H19F3N6/c1-12-6-16(18(22)17(7-12)27-4-2-23-3-5-27)25-19-24-11-28(26-19)15-9-13(20)8-14(21)10-15/h6-11,23H,2-5H2,1H3,(H,25,26). The van der Waals surface area contributed by atoms with Crippen LogP contribution in [0, 0.1) is 24.4 Å². The largest absolute Gasteiger partial charge is 0.367 e. The summed E-state index contributed by atoms with van der Waals surface area (Å²) in [6, 6.07) is 6.53. The summed E-state index contributed by atoms with van der Waals surface area (Å²) in [7, 11) is 0. The molecule has 0 aliphatic carbocycles. The fourth-order valence-corrected chi connectivity index (χ4v) is 3.21. The first-order valence-electron chi connectivity index (χ1n) is 8.90. The van der Waals surface area contributed by atoms with E-state index >= 15 is 4.39 Å². The maximum atomic E-state index is 15.1. The average molecular weight is 388 g/mol. The predicted molar refractivity (Wildman–Crippen MR) is 101 cm³/mol. The molecule has 1 saturated heterocycles. The number of halogens is 3. The van der Waals surface area contributed by atoms with Crippen LogP contribution >= 0.6 is 0 Å². The fraction of sp³-hybridized carbons (Fsp3) is 0.263. The van der Waals surface area contributed by atoms with E-state index in [1.165, 1.54) is 11.0 Å². The summed E-state index contributed by atoms with van der Waals surface area (Å²) >= 11 is 0. The number of anilines is 3. The number of hydrogen-bond donors (Lipinski definition) is 2. The number of rotatable bonds is 4. The van der Waals surface area contributed by atoms with Gasteiger partial charge in [0.2, 0.25) is 5.95 Å². The summed E-state index contributed by atoms with van der Waals surface area (Å²) in [5, 5.41) is 10.2. The summed E-state index contributed by atoms with van der Waals surface area (Å²) in [5.41, 5.74) is 1.85. The second-order valence-corrected chi connectivity index (χ2v) is 6.65. The molecule has 4 rings (SSSR count). The van der Waals surface area contributed by atoms with Crippen molar-refractivity contribution in [3.63, 3.8) is 0 Å². The molecule has 0 unspecified atom stereocenters. The van der Waals surface area contributed by atoms with Crippen molar-refractivity contribution in [2.45, 2.75) is 6.92 Å². The molecule has 0 saturated carbocycles. The quantitative estimate of drug-likeness (QED) is 0.719. The highest BCUT2D eigenvalue weighted by atomic mass is 19.1. The van der Waals surface area contributed by atoms with Gasteiger partial charge in [0.25, 0.3) is 0 Å². The lowest BCUT2D eigenvalue weighted by Crippen LogP contribution is -2.44. The molecule has 1 aliphatic rings. The average Bonchev–Trinajstić information content (AvgIpc) is 3.13. The number of benzene rings is 2. The predicted octanol–water partition coefficient (Wildman–Crippen LogP) is 3.15. The summed E-state index contributed by atoms with van der Waals surface area (Å²) in [4.78, 5) is 6.06. The van der Waals surface area contributed by atoms with Crippen molar-refractivity contribution in [1.82, 2.24) is 20.1 Å².